The van der Waals surface area contributed by atoms with Crippen molar-refractivity contribution in [1.82, 2.24) is 5.32 Å². The van der Waals surface area contributed by atoms with E-state index in [0.29, 0.717) is 6.04 Å². The van der Waals surface area contributed by atoms with E-state index in [1.54, 1.807) is 0 Å². The average Bonchev–Trinajstić information content (AvgIpc) is 2.35. The molecule has 2 nitrogen and oxygen atoms in total. The van der Waals surface area contributed by atoms with Crippen molar-refractivity contribution >= 4 is 0 Å². The number of ether oxygens (including phenoxy) is 1. The molecular weight excluding hydrogens is 222 g/mol. The predicted octanol–water partition coefficient (Wildman–Crippen LogP) is 4.14. The number of hydrogen-bond donors (Lipinski definition) is 1. The second-order valence-corrected chi connectivity index (χ2v) is 6.25. The molecule has 1 N–H and O–H groups in total. The van der Waals surface area contributed by atoms with Gasteiger partial charge in [-0.3, -0.25) is 0 Å². The van der Waals surface area contributed by atoms with Gasteiger partial charge in [-0.2, -0.15) is 0 Å². The lowest BCUT2D eigenvalue weighted by Crippen LogP contribution is -2.53. The minimum atomic E-state index is 0.0649. The lowest BCUT2D eigenvalue weighted by Gasteiger charge is -2.42. The molecule has 0 aliphatic carbocycles. The summed E-state index contributed by atoms with van der Waals surface area (Å²) in [5.41, 5.74) is 0.0649. The molecule has 3 atom stereocenters. The fraction of sp³-hybridized carbons (Fsp3) is 1.00. The molecule has 108 valence electrons. The molecule has 1 rings (SSSR count). The first-order valence-electron chi connectivity index (χ1n) is 7.99. The summed E-state index contributed by atoms with van der Waals surface area (Å²) in [6.07, 6.45) is 8.86. The predicted molar refractivity (Wildman–Crippen MR) is 79.0 cm³/mol. The van der Waals surface area contributed by atoms with E-state index in [4.69, 9.17) is 4.74 Å². The Balaban J connectivity index is 2.57. The highest BCUT2D eigenvalue weighted by molar-refractivity contribution is 4.92. The summed E-state index contributed by atoms with van der Waals surface area (Å²) in [5.74, 6) is 0.798. The van der Waals surface area contributed by atoms with Crippen LogP contribution in [0.4, 0.5) is 0 Å². The molecule has 18 heavy (non-hydrogen) atoms. The van der Waals surface area contributed by atoms with Crippen LogP contribution in [0, 0.1) is 5.92 Å². The lowest BCUT2D eigenvalue weighted by atomic mass is 9.82. The smallest absolute Gasteiger partial charge is 0.0806 e. The van der Waals surface area contributed by atoms with Crippen LogP contribution >= 0.6 is 0 Å². The minimum absolute atomic E-state index is 0.0649. The van der Waals surface area contributed by atoms with Gasteiger partial charge in [0.2, 0.25) is 0 Å². The van der Waals surface area contributed by atoms with Crippen molar-refractivity contribution in [1.29, 1.82) is 0 Å². The highest BCUT2D eigenvalue weighted by Crippen LogP contribution is 2.31. The van der Waals surface area contributed by atoms with Crippen LogP contribution in [0.25, 0.3) is 0 Å². The van der Waals surface area contributed by atoms with E-state index < -0.39 is 0 Å². The molecule has 2 heteroatoms. The van der Waals surface area contributed by atoms with Crippen LogP contribution < -0.4 is 5.32 Å². The SMILES string of the molecule is CCCNC(CC(C)CCC)C1(C)CCCCO1. The average molecular weight is 255 g/mol. The molecule has 0 aromatic rings. The zero-order valence-electron chi connectivity index (χ0n) is 12.9. The molecule has 1 heterocycles. The fourth-order valence-electron chi connectivity index (χ4n) is 3.11. The largest absolute Gasteiger partial charge is 0.374 e. The van der Waals surface area contributed by atoms with Gasteiger partial charge in [0.15, 0.2) is 0 Å². The third-order valence-electron chi connectivity index (χ3n) is 4.30. The molecular formula is C16H33NO. The summed E-state index contributed by atoms with van der Waals surface area (Å²) >= 11 is 0. The van der Waals surface area contributed by atoms with Crippen molar-refractivity contribution in [2.45, 2.75) is 84.3 Å². The topological polar surface area (TPSA) is 21.3 Å². The number of nitrogens with one attached hydrogen (secondary N) is 1. The second kappa shape index (κ2) is 8.16. The molecule has 0 spiro atoms. The highest BCUT2D eigenvalue weighted by atomic mass is 16.5. The number of rotatable bonds is 8. The Morgan fingerprint density at radius 1 is 1.22 bits per heavy atom. The quantitative estimate of drug-likeness (QED) is 0.704. The summed E-state index contributed by atoms with van der Waals surface area (Å²) in [4.78, 5) is 0. The first-order chi connectivity index (χ1) is 8.62. The van der Waals surface area contributed by atoms with Gasteiger partial charge in [-0.15, -0.1) is 0 Å². The van der Waals surface area contributed by atoms with Crippen LogP contribution in [0.3, 0.4) is 0 Å². The van der Waals surface area contributed by atoms with E-state index in [9.17, 15) is 0 Å². The summed E-state index contributed by atoms with van der Waals surface area (Å²) in [7, 11) is 0. The molecule has 0 amide bonds. The second-order valence-electron chi connectivity index (χ2n) is 6.25. The van der Waals surface area contributed by atoms with Gasteiger partial charge >= 0.3 is 0 Å². The molecule has 0 saturated carbocycles. The maximum absolute atomic E-state index is 6.14. The molecule has 0 radical (unpaired) electrons. The molecule has 1 saturated heterocycles. The van der Waals surface area contributed by atoms with Gasteiger partial charge in [0.25, 0.3) is 0 Å². The van der Waals surface area contributed by atoms with Crippen LogP contribution in [-0.2, 0) is 4.74 Å². The molecule has 3 unspecified atom stereocenters. The minimum Gasteiger partial charge on any atom is -0.374 e. The van der Waals surface area contributed by atoms with Crippen LogP contribution in [0.15, 0.2) is 0 Å². The number of hydrogen-bond acceptors (Lipinski definition) is 2. The lowest BCUT2D eigenvalue weighted by molar-refractivity contribution is -0.0924. The highest BCUT2D eigenvalue weighted by Gasteiger charge is 2.36. The first-order valence-corrected chi connectivity index (χ1v) is 7.99. The van der Waals surface area contributed by atoms with Crippen molar-refractivity contribution in [2.24, 2.45) is 5.92 Å². The van der Waals surface area contributed by atoms with Gasteiger partial charge < -0.3 is 10.1 Å². The first kappa shape index (κ1) is 16.0. The van der Waals surface area contributed by atoms with E-state index in [0.717, 1.165) is 19.1 Å². The van der Waals surface area contributed by atoms with Crippen LogP contribution in [0.1, 0.15) is 72.6 Å². The third-order valence-corrected chi connectivity index (χ3v) is 4.30. The van der Waals surface area contributed by atoms with E-state index in [1.807, 2.05) is 0 Å². The fourth-order valence-corrected chi connectivity index (χ4v) is 3.11. The standard InChI is InChI=1S/C16H33NO/c1-5-9-14(3)13-15(17-11-6-2)16(4)10-7-8-12-18-16/h14-15,17H,5-13H2,1-4H3. The molecule has 1 aliphatic rings. The Labute approximate surface area is 114 Å². The Morgan fingerprint density at radius 2 is 2.00 bits per heavy atom. The Hall–Kier alpha value is -0.0800. The van der Waals surface area contributed by atoms with Gasteiger partial charge in [0.1, 0.15) is 0 Å². The normalized spacial score (nSPS) is 28.0. The Morgan fingerprint density at radius 3 is 2.56 bits per heavy atom. The molecule has 0 bridgehead atoms. The van der Waals surface area contributed by atoms with Crippen molar-refractivity contribution in [3.63, 3.8) is 0 Å². The van der Waals surface area contributed by atoms with E-state index >= 15 is 0 Å². The van der Waals surface area contributed by atoms with Gasteiger partial charge in [-0.25, -0.2) is 0 Å². The van der Waals surface area contributed by atoms with Crippen molar-refractivity contribution in [2.75, 3.05) is 13.2 Å². The van der Waals surface area contributed by atoms with E-state index in [-0.39, 0.29) is 5.60 Å². The maximum Gasteiger partial charge on any atom is 0.0806 e. The van der Waals surface area contributed by atoms with E-state index in [1.165, 1.54) is 44.9 Å². The zero-order chi connectivity index (χ0) is 13.4. The monoisotopic (exact) mass is 255 g/mol. The van der Waals surface area contributed by atoms with Crippen LogP contribution in [0.5, 0.6) is 0 Å². The third kappa shape index (κ3) is 4.89. The van der Waals surface area contributed by atoms with Gasteiger partial charge in [0, 0.05) is 12.6 Å². The summed E-state index contributed by atoms with van der Waals surface area (Å²) in [6, 6.07) is 0.527. The van der Waals surface area contributed by atoms with Crippen molar-refractivity contribution < 1.29 is 4.74 Å². The zero-order valence-corrected chi connectivity index (χ0v) is 12.9. The van der Waals surface area contributed by atoms with Gasteiger partial charge in [0.05, 0.1) is 5.60 Å². The Bertz CT molecular complexity index is 211. The van der Waals surface area contributed by atoms with Crippen molar-refractivity contribution in [3.05, 3.63) is 0 Å². The van der Waals surface area contributed by atoms with Crippen LogP contribution in [-0.4, -0.2) is 24.8 Å². The summed E-state index contributed by atoms with van der Waals surface area (Å²) in [5, 5.41) is 3.74. The Kier molecular flexibility index (Phi) is 7.25. The van der Waals surface area contributed by atoms with E-state index in [2.05, 4.69) is 33.0 Å². The van der Waals surface area contributed by atoms with Gasteiger partial charge in [-0.05, 0) is 51.5 Å². The van der Waals surface area contributed by atoms with Crippen LogP contribution in [0.2, 0.25) is 0 Å². The molecule has 0 aromatic carbocycles. The molecule has 1 aliphatic heterocycles. The molecule has 0 aromatic heterocycles. The van der Waals surface area contributed by atoms with Crippen molar-refractivity contribution in [3.8, 4) is 0 Å². The molecule has 1 fully saturated rings. The van der Waals surface area contributed by atoms with Gasteiger partial charge in [-0.1, -0.05) is 33.6 Å². The maximum atomic E-state index is 6.14. The summed E-state index contributed by atoms with van der Waals surface area (Å²) in [6.45, 7) is 11.3. The summed E-state index contributed by atoms with van der Waals surface area (Å²) < 4.78 is 6.14.